The fourth-order valence-electron chi connectivity index (χ4n) is 1.39. The van der Waals surface area contributed by atoms with Crippen molar-refractivity contribution in [2.24, 2.45) is 0 Å². The van der Waals surface area contributed by atoms with Crippen LogP contribution in [0.25, 0.3) is 0 Å². The zero-order valence-electron chi connectivity index (χ0n) is 9.59. The van der Waals surface area contributed by atoms with Crippen LogP contribution in [0, 0.1) is 6.92 Å². The third-order valence-electron chi connectivity index (χ3n) is 2.07. The van der Waals surface area contributed by atoms with Crippen molar-refractivity contribution < 1.29 is 4.79 Å². The molecule has 0 unspecified atom stereocenters. The van der Waals surface area contributed by atoms with Gasteiger partial charge in [0.1, 0.15) is 5.69 Å². The Morgan fingerprint density at radius 2 is 2.07 bits per heavy atom. The fourth-order valence-corrected chi connectivity index (χ4v) is 1.39. The normalized spacial score (nSPS) is 11.8. The van der Waals surface area contributed by atoms with Crippen molar-refractivity contribution in [2.75, 3.05) is 0 Å². The van der Waals surface area contributed by atoms with Gasteiger partial charge in [0.25, 0.3) is 0 Å². The number of carbonyl (C=O) groups is 1. The lowest BCUT2D eigenvalue weighted by Gasteiger charge is -2.21. The first kappa shape index (κ1) is 11.0. The Morgan fingerprint density at radius 1 is 1.50 bits per heavy atom. The van der Waals surface area contributed by atoms with Crippen molar-refractivity contribution in [3.8, 4) is 0 Å². The summed E-state index contributed by atoms with van der Waals surface area (Å²) in [6, 6.07) is 1.86. The van der Waals surface area contributed by atoms with Crippen LogP contribution in [0.1, 0.15) is 50.3 Å². The highest BCUT2D eigenvalue weighted by molar-refractivity contribution is 5.94. The van der Waals surface area contributed by atoms with Crippen LogP contribution in [0.4, 0.5) is 0 Å². The van der Waals surface area contributed by atoms with Crippen LogP contribution in [0.3, 0.4) is 0 Å². The monoisotopic (exact) mass is 194 g/mol. The predicted octanol–water partition coefficient (Wildman–Crippen LogP) is 2.54. The van der Waals surface area contributed by atoms with Gasteiger partial charge in [-0.05, 0) is 33.8 Å². The number of ketones is 1. The molecule has 0 aliphatic heterocycles. The van der Waals surface area contributed by atoms with Gasteiger partial charge in [-0.3, -0.25) is 9.48 Å². The zero-order valence-corrected chi connectivity index (χ0v) is 9.59. The smallest absolute Gasteiger partial charge is 0.180 e. The first-order valence-corrected chi connectivity index (χ1v) is 4.96. The molecule has 1 heterocycles. The van der Waals surface area contributed by atoms with Crippen molar-refractivity contribution in [1.29, 1.82) is 0 Å². The highest BCUT2D eigenvalue weighted by atomic mass is 16.1. The molecule has 1 aromatic rings. The van der Waals surface area contributed by atoms with E-state index >= 15 is 0 Å². The van der Waals surface area contributed by atoms with Gasteiger partial charge in [-0.2, -0.15) is 5.10 Å². The van der Waals surface area contributed by atoms with Crippen molar-refractivity contribution in [1.82, 2.24) is 9.78 Å². The highest BCUT2D eigenvalue weighted by Gasteiger charge is 2.21. The lowest BCUT2D eigenvalue weighted by atomic mass is 10.1. The summed E-state index contributed by atoms with van der Waals surface area (Å²) in [6.45, 7) is 9.93. The van der Waals surface area contributed by atoms with Crippen molar-refractivity contribution in [3.63, 3.8) is 0 Å². The van der Waals surface area contributed by atoms with Gasteiger partial charge in [-0.1, -0.05) is 6.92 Å². The molecule has 78 valence electrons. The zero-order chi connectivity index (χ0) is 10.9. The highest BCUT2D eigenvalue weighted by Crippen LogP contribution is 2.18. The number of aromatic nitrogens is 2. The SMILES string of the molecule is CCC(=O)c1cc(C)nn1C(C)(C)C. The molecular formula is C11H18N2O. The van der Waals surface area contributed by atoms with E-state index in [1.54, 1.807) is 0 Å². The van der Waals surface area contributed by atoms with Crippen LogP contribution in [-0.4, -0.2) is 15.6 Å². The fraction of sp³-hybridized carbons (Fsp3) is 0.636. The summed E-state index contributed by atoms with van der Waals surface area (Å²) < 4.78 is 1.81. The number of aryl methyl sites for hydroxylation is 1. The maximum atomic E-state index is 11.6. The molecule has 1 aromatic heterocycles. The van der Waals surface area contributed by atoms with E-state index in [4.69, 9.17) is 0 Å². The van der Waals surface area contributed by atoms with E-state index in [0.29, 0.717) is 6.42 Å². The van der Waals surface area contributed by atoms with Crippen molar-refractivity contribution in [2.45, 2.75) is 46.6 Å². The molecule has 14 heavy (non-hydrogen) atoms. The molecule has 0 amide bonds. The minimum Gasteiger partial charge on any atom is -0.292 e. The molecule has 0 spiro atoms. The van der Waals surface area contributed by atoms with Gasteiger partial charge in [-0.25, -0.2) is 0 Å². The van der Waals surface area contributed by atoms with Crippen LogP contribution in [0.15, 0.2) is 6.07 Å². The third kappa shape index (κ3) is 2.03. The summed E-state index contributed by atoms with van der Waals surface area (Å²) in [4.78, 5) is 11.6. The Kier molecular flexibility index (Phi) is 2.79. The van der Waals surface area contributed by atoms with E-state index < -0.39 is 0 Å². The summed E-state index contributed by atoms with van der Waals surface area (Å²) in [5.74, 6) is 0.153. The summed E-state index contributed by atoms with van der Waals surface area (Å²) in [5, 5.41) is 4.35. The minimum atomic E-state index is -0.131. The van der Waals surface area contributed by atoms with Gasteiger partial charge in [-0.15, -0.1) is 0 Å². The van der Waals surface area contributed by atoms with Gasteiger partial charge in [0, 0.05) is 6.42 Å². The van der Waals surface area contributed by atoms with Gasteiger partial charge < -0.3 is 0 Å². The Hall–Kier alpha value is -1.12. The minimum absolute atomic E-state index is 0.131. The number of rotatable bonds is 2. The van der Waals surface area contributed by atoms with Crippen molar-refractivity contribution >= 4 is 5.78 Å². The summed E-state index contributed by atoms with van der Waals surface area (Å²) in [7, 11) is 0. The molecule has 0 aliphatic rings. The summed E-state index contributed by atoms with van der Waals surface area (Å²) in [6.07, 6.45) is 0.529. The summed E-state index contributed by atoms with van der Waals surface area (Å²) >= 11 is 0. The van der Waals surface area contributed by atoms with E-state index in [-0.39, 0.29) is 11.3 Å². The van der Waals surface area contributed by atoms with Crippen LogP contribution in [0.5, 0.6) is 0 Å². The molecule has 0 bridgehead atoms. The van der Waals surface area contributed by atoms with E-state index in [1.807, 2.05) is 45.4 Å². The van der Waals surface area contributed by atoms with Crippen molar-refractivity contribution in [3.05, 3.63) is 17.5 Å². The lowest BCUT2D eigenvalue weighted by Crippen LogP contribution is -2.27. The van der Waals surface area contributed by atoms with E-state index in [9.17, 15) is 4.79 Å². The molecule has 0 saturated heterocycles. The Labute approximate surface area is 85.1 Å². The topological polar surface area (TPSA) is 34.9 Å². The van der Waals surface area contributed by atoms with Crippen LogP contribution in [0.2, 0.25) is 0 Å². The first-order valence-electron chi connectivity index (χ1n) is 4.96. The molecule has 0 aliphatic carbocycles. The number of hydrogen-bond acceptors (Lipinski definition) is 2. The standard InChI is InChI=1S/C11H18N2O/c1-6-10(14)9-7-8(2)12-13(9)11(3,4)5/h7H,6H2,1-5H3. The largest absolute Gasteiger partial charge is 0.292 e. The second-order valence-corrected chi connectivity index (χ2v) is 4.53. The molecule has 3 nitrogen and oxygen atoms in total. The molecular weight excluding hydrogens is 176 g/mol. The van der Waals surface area contributed by atoms with Crippen LogP contribution in [-0.2, 0) is 5.54 Å². The second kappa shape index (κ2) is 3.56. The van der Waals surface area contributed by atoms with E-state index in [0.717, 1.165) is 11.4 Å². The molecule has 0 atom stereocenters. The Morgan fingerprint density at radius 3 is 2.50 bits per heavy atom. The first-order chi connectivity index (χ1) is 6.36. The molecule has 0 fully saturated rings. The predicted molar refractivity (Wildman–Crippen MR) is 56.6 cm³/mol. The van der Waals surface area contributed by atoms with Crippen LogP contribution >= 0.6 is 0 Å². The molecule has 3 heteroatoms. The summed E-state index contributed by atoms with van der Waals surface area (Å²) in [5.41, 5.74) is 1.49. The number of Topliss-reactive ketones (excluding diaryl/α,β-unsaturated/α-hetero) is 1. The van der Waals surface area contributed by atoms with E-state index in [2.05, 4.69) is 5.10 Å². The second-order valence-electron chi connectivity index (χ2n) is 4.53. The Bertz CT molecular complexity index is 345. The molecule has 0 saturated carbocycles. The quantitative estimate of drug-likeness (QED) is 0.678. The van der Waals surface area contributed by atoms with Gasteiger partial charge >= 0.3 is 0 Å². The Balaban J connectivity index is 3.23. The molecule has 0 radical (unpaired) electrons. The maximum absolute atomic E-state index is 11.6. The average Bonchev–Trinajstić information content (AvgIpc) is 2.45. The number of hydrogen-bond donors (Lipinski definition) is 0. The van der Waals surface area contributed by atoms with E-state index in [1.165, 1.54) is 0 Å². The molecule has 1 rings (SSSR count). The van der Waals surface area contributed by atoms with Gasteiger partial charge in [0.05, 0.1) is 11.2 Å². The van der Waals surface area contributed by atoms with Gasteiger partial charge in [0.2, 0.25) is 0 Å². The van der Waals surface area contributed by atoms with Gasteiger partial charge in [0.15, 0.2) is 5.78 Å². The molecule has 0 N–H and O–H groups in total. The maximum Gasteiger partial charge on any atom is 0.180 e. The van der Waals surface area contributed by atoms with Crippen LogP contribution < -0.4 is 0 Å². The lowest BCUT2D eigenvalue weighted by molar-refractivity contribution is 0.0970. The average molecular weight is 194 g/mol. The number of carbonyl (C=O) groups excluding carboxylic acids is 1. The molecule has 0 aromatic carbocycles. The number of nitrogens with zero attached hydrogens (tertiary/aromatic N) is 2. The third-order valence-corrected chi connectivity index (χ3v) is 2.07.